The molecule has 0 unspecified atom stereocenters. The van der Waals surface area contributed by atoms with Crippen LogP contribution in [-0.2, 0) is 24.6 Å². The molecule has 3 heterocycles. The number of benzene rings is 1. The number of fused-ring (bicyclic) bond motifs is 2. The maximum atomic E-state index is 13.5. The molecule has 0 aliphatic carbocycles. The molecule has 1 aliphatic heterocycles. The van der Waals surface area contributed by atoms with Gasteiger partial charge in [-0.05, 0) is 49.1 Å². The standard InChI is InChI=1S/C23H27N5O2SSi.C16H36N.FH/c1-31-23-25-20(22(29)27-12-16-7-5-6-8-17(16)13-27)19-18(11-24)14-28(21(19)26-23)15-30-9-10-32(2,3)4;1-5-9-13-17(14-10-6-2,15-11-7-3)16-12-8-4;/h5-8,14H,9-10,12-13,15H2,1-4H3;5-16H2,1-4H3;1H/q;+1;/p-1. The van der Waals surface area contributed by atoms with Crippen LogP contribution in [0.1, 0.15) is 106 Å². The lowest BCUT2D eigenvalue weighted by atomic mass is 10.1. The minimum atomic E-state index is -1.20. The van der Waals surface area contributed by atoms with E-state index in [4.69, 9.17) is 4.74 Å². The van der Waals surface area contributed by atoms with Gasteiger partial charge in [0.1, 0.15) is 24.1 Å². The molecule has 278 valence electrons. The maximum absolute atomic E-state index is 13.5. The molecule has 8 nitrogen and oxygen atoms in total. The molecule has 0 atom stereocenters. The highest BCUT2D eigenvalue weighted by Gasteiger charge is 2.29. The van der Waals surface area contributed by atoms with Crippen LogP contribution in [0.5, 0.6) is 0 Å². The minimum absolute atomic E-state index is 0. The Bertz CT molecular complexity index is 1460. The van der Waals surface area contributed by atoms with Crippen molar-refractivity contribution in [2.75, 3.05) is 39.0 Å². The number of quaternary nitrogens is 1. The Morgan fingerprint density at radius 1 is 0.920 bits per heavy atom. The molecule has 0 fully saturated rings. The maximum Gasteiger partial charge on any atom is 0.273 e. The van der Waals surface area contributed by atoms with Gasteiger partial charge in [0.2, 0.25) is 0 Å². The van der Waals surface area contributed by atoms with E-state index < -0.39 is 8.07 Å². The number of hydrogen-bond donors (Lipinski definition) is 0. The van der Waals surface area contributed by atoms with Crippen molar-refractivity contribution in [1.82, 2.24) is 19.4 Å². The lowest BCUT2D eigenvalue weighted by Crippen LogP contribution is -3.00. The number of thioether (sulfide) groups is 1. The first kappa shape index (κ1) is 43.4. The van der Waals surface area contributed by atoms with Crippen LogP contribution in [0.3, 0.4) is 0 Å². The summed E-state index contributed by atoms with van der Waals surface area (Å²) in [6.45, 7) is 24.0. The number of halogens is 1. The summed E-state index contributed by atoms with van der Waals surface area (Å²) in [6.07, 6.45) is 14.7. The van der Waals surface area contributed by atoms with Crippen LogP contribution in [0.4, 0.5) is 0 Å². The van der Waals surface area contributed by atoms with E-state index in [1.807, 2.05) is 35.1 Å². The molecule has 1 amide bonds. The van der Waals surface area contributed by atoms with Gasteiger partial charge in [0, 0.05) is 34.0 Å². The Morgan fingerprint density at radius 2 is 1.44 bits per heavy atom. The normalized spacial score (nSPS) is 12.7. The number of amides is 1. The molecule has 0 bridgehead atoms. The Kier molecular flexibility index (Phi) is 18.7. The van der Waals surface area contributed by atoms with E-state index in [0.717, 1.165) is 17.2 Å². The summed E-state index contributed by atoms with van der Waals surface area (Å²) >= 11 is 1.38. The van der Waals surface area contributed by atoms with E-state index in [-0.39, 0.29) is 23.0 Å². The summed E-state index contributed by atoms with van der Waals surface area (Å²) in [7, 11) is -1.20. The van der Waals surface area contributed by atoms with Gasteiger partial charge in [-0.2, -0.15) is 5.26 Å². The van der Waals surface area contributed by atoms with Gasteiger partial charge in [0.05, 0.1) is 37.1 Å². The first-order chi connectivity index (χ1) is 23.5. The fourth-order valence-electron chi connectivity index (χ4n) is 6.41. The van der Waals surface area contributed by atoms with Gasteiger partial charge in [-0.25, -0.2) is 9.97 Å². The molecule has 0 N–H and O–H groups in total. The van der Waals surface area contributed by atoms with Crippen LogP contribution in [0.15, 0.2) is 35.6 Å². The predicted octanol–water partition coefficient (Wildman–Crippen LogP) is 6.50. The van der Waals surface area contributed by atoms with Gasteiger partial charge in [-0.1, -0.05) is 109 Å². The number of rotatable bonds is 19. The third-order valence-electron chi connectivity index (χ3n) is 9.50. The zero-order chi connectivity index (χ0) is 35.9. The molecule has 11 heteroatoms. The third-order valence-corrected chi connectivity index (χ3v) is 11.8. The number of carbonyl (C=O) groups excluding carboxylic acids is 1. The predicted molar refractivity (Wildman–Crippen MR) is 208 cm³/mol. The summed E-state index contributed by atoms with van der Waals surface area (Å²) in [5.41, 5.74) is 3.52. The van der Waals surface area contributed by atoms with E-state index in [9.17, 15) is 10.1 Å². The molecule has 0 saturated carbocycles. The van der Waals surface area contributed by atoms with E-state index in [1.54, 1.807) is 11.1 Å². The SMILES string of the molecule is CCCC[N+](CCCC)(CCCC)CCCC.CSc1nc(C(=O)N2Cc3ccccc3C2)c2c(C#N)cn(COCC[Si](C)(C)C)c2n1.[F-]. The van der Waals surface area contributed by atoms with Crippen LogP contribution < -0.4 is 4.70 Å². The monoisotopic (exact) mass is 726 g/mol. The molecule has 1 aliphatic rings. The van der Waals surface area contributed by atoms with Crippen molar-refractivity contribution in [3.05, 3.63) is 52.8 Å². The molecule has 0 saturated heterocycles. The van der Waals surface area contributed by atoms with Crippen molar-refractivity contribution in [1.29, 1.82) is 5.26 Å². The smallest absolute Gasteiger partial charge is 0.273 e. The molecular formula is C39H63FN6O2SSi. The van der Waals surface area contributed by atoms with E-state index in [1.165, 1.54) is 93.8 Å². The number of nitrogens with zero attached hydrogens (tertiary/aromatic N) is 6. The fourth-order valence-corrected chi connectivity index (χ4v) is 7.53. The zero-order valence-corrected chi connectivity index (χ0v) is 34.0. The molecule has 1 aromatic carbocycles. The quantitative estimate of drug-likeness (QED) is 0.0462. The Balaban J connectivity index is 0.000000413. The number of carbonyl (C=O) groups is 1. The average molecular weight is 727 g/mol. The highest BCUT2D eigenvalue weighted by Crippen LogP contribution is 2.29. The zero-order valence-electron chi connectivity index (χ0n) is 32.2. The van der Waals surface area contributed by atoms with Gasteiger partial charge in [0.15, 0.2) is 5.16 Å². The molecule has 2 aromatic heterocycles. The number of ether oxygens (including phenoxy) is 1. The highest BCUT2D eigenvalue weighted by molar-refractivity contribution is 7.98. The van der Waals surface area contributed by atoms with E-state index in [0.29, 0.717) is 41.4 Å². The van der Waals surface area contributed by atoms with Crippen LogP contribution >= 0.6 is 11.8 Å². The number of aromatic nitrogens is 3. The molecule has 50 heavy (non-hydrogen) atoms. The second-order valence-electron chi connectivity index (χ2n) is 14.8. The van der Waals surface area contributed by atoms with Gasteiger partial charge < -0.3 is 23.4 Å². The molecule has 0 spiro atoms. The highest BCUT2D eigenvalue weighted by atomic mass is 32.2. The first-order valence-electron chi connectivity index (χ1n) is 18.7. The van der Waals surface area contributed by atoms with Gasteiger partial charge in [0.25, 0.3) is 5.91 Å². The van der Waals surface area contributed by atoms with Crippen molar-refractivity contribution in [3.63, 3.8) is 0 Å². The third kappa shape index (κ3) is 12.5. The molecule has 4 rings (SSSR count). The molecular weight excluding hydrogens is 664 g/mol. The van der Waals surface area contributed by atoms with Crippen molar-refractivity contribution in [2.24, 2.45) is 0 Å². The average Bonchev–Trinajstić information content (AvgIpc) is 3.70. The second kappa shape index (κ2) is 21.6. The number of hydrogen-bond acceptors (Lipinski definition) is 6. The summed E-state index contributed by atoms with van der Waals surface area (Å²) < 4.78 is 9.14. The van der Waals surface area contributed by atoms with Crippen molar-refractivity contribution in [2.45, 2.75) is 130 Å². The van der Waals surface area contributed by atoms with Gasteiger partial charge in [-0.3, -0.25) is 4.79 Å². The van der Waals surface area contributed by atoms with Gasteiger partial charge in [-0.15, -0.1) is 0 Å². The fraction of sp³-hybridized carbons (Fsp3) is 0.641. The van der Waals surface area contributed by atoms with E-state index >= 15 is 0 Å². The number of nitriles is 1. The van der Waals surface area contributed by atoms with Crippen molar-refractivity contribution in [3.8, 4) is 6.07 Å². The lowest BCUT2D eigenvalue weighted by molar-refractivity contribution is -0.929. The van der Waals surface area contributed by atoms with E-state index in [2.05, 4.69) is 63.4 Å². The van der Waals surface area contributed by atoms with Crippen LogP contribution in [0, 0.1) is 11.3 Å². The largest absolute Gasteiger partial charge is 1.00 e. The summed E-state index contributed by atoms with van der Waals surface area (Å²) in [4.78, 5) is 24.5. The lowest BCUT2D eigenvalue weighted by Gasteiger charge is -2.39. The van der Waals surface area contributed by atoms with Crippen LogP contribution in [0.25, 0.3) is 11.0 Å². The van der Waals surface area contributed by atoms with Crippen molar-refractivity contribution < 1.29 is 18.7 Å². The Labute approximate surface area is 307 Å². The van der Waals surface area contributed by atoms with Crippen LogP contribution in [0.2, 0.25) is 25.7 Å². The topological polar surface area (TPSA) is 84.0 Å². The van der Waals surface area contributed by atoms with Crippen LogP contribution in [-0.4, -0.2) is 76.9 Å². The molecule has 3 aromatic rings. The Morgan fingerprint density at radius 3 is 1.88 bits per heavy atom. The van der Waals surface area contributed by atoms with Gasteiger partial charge >= 0.3 is 0 Å². The number of unbranched alkanes of at least 4 members (excludes halogenated alkanes) is 4. The first-order valence-corrected chi connectivity index (χ1v) is 23.6. The summed E-state index contributed by atoms with van der Waals surface area (Å²) in [6, 6.07) is 11.3. The summed E-state index contributed by atoms with van der Waals surface area (Å²) in [5.74, 6) is -0.183. The Hall–Kier alpha value is -2.78. The minimum Gasteiger partial charge on any atom is -1.00 e. The second-order valence-corrected chi connectivity index (χ2v) is 21.2. The molecule has 0 radical (unpaired) electrons. The van der Waals surface area contributed by atoms with Crippen molar-refractivity contribution >= 4 is 36.8 Å². The summed E-state index contributed by atoms with van der Waals surface area (Å²) in [5, 5.41) is 10.8.